The van der Waals surface area contributed by atoms with Crippen LogP contribution in [0.4, 0.5) is 11.8 Å². The Bertz CT molecular complexity index is 1170. The molecule has 0 fully saturated rings. The molecule has 3 N–H and O–H groups in total. The van der Waals surface area contributed by atoms with Gasteiger partial charge in [0.2, 0.25) is 12.7 Å². The van der Waals surface area contributed by atoms with Gasteiger partial charge in [-0.05, 0) is 23.8 Å². The lowest BCUT2D eigenvalue weighted by molar-refractivity contribution is 0.174. The van der Waals surface area contributed by atoms with Crippen LogP contribution in [0.15, 0.2) is 48.5 Å². The Kier molecular flexibility index (Phi) is 3.75. The predicted octanol–water partition coefficient (Wildman–Crippen LogP) is 2.95. The first kappa shape index (κ1) is 16.4. The van der Waals surface area contributed by atoms with E-state index in [-0.39, 0.29) is 6.79 Å². The molecule has 4 aromatic rings. The van der Waals surface area contributed by atoms with E-state index >= 15 is 0 Å². The summed E-state index contributed by atoms with van der Waals surface area (Å²) in [6, 6.07) is 15.8. The molecular formula is C20H18N6O2. The number of rotatable bonds is 4. The van der Waals surface area contributed by atoms with Crippen LogP contribution >= 0.6 is 0 Å². The largest absolute Gasteiger partial charge is 0.454 e. The number of nitrogens with two attached hydrogens (primary N) is 1. The average Bonchev–Trinajstić information content (AvgIpc) is 3.30. The molecule has 0 atom stereocenters. The Morgan fingerprint density at radius 2 is 1.89 bits per heavy atom. The zero-order valence-electron chi connectivity index (χ0n) is 15.2. The van der Waals surface area contributed by atoms with E-state index in [1.807, 2.05) is 48.5 Å². The highest BCUT2D eigenvalue weighted by atomic mass is 16.7. The van der Waals surface area contributed by atoms with E-state index in [4.69, 9.17) is 20.2 Å². The predicted molar refractivity (Wildman–Crippen MR) is 106 cm³/mol. The molecule has 0 aliphatic carbocycles. The minimum atomic E-state index is 0.219. The van der Waals surface area contributed by atoms with Crippen LogP contribution in [0.1, 0.15) is 5.56 Å². The number of aryl methyl sites for hydroxylation is 1. The van der Waals surface area contributed by atoms with Crippen LogP contribution in [0.3, 0.4) is 0 Å². The van der Waals surface area contributed by atoms with Gasteiger partial charge in [-0.25, -0.2) is 4.98 Å². The number of hydrogen-bond acceptors (Lipinski definition) is 7. The van der Waals surface area contributed by atoms with E-state index in [1.54, 1.807) is 11.7 Å². The minimum Gasteiger partial charge on any atom is -0.454 e. The summed E-state index contributed by atoms with van der Waals surface area (Å²) < 4.78 is 12.5. The van der Waals surface area contributed by atoms with Crippen LogP contribution in [0.2, 0.25) is 0 Å². The van der Waals surface area contributed by atoms with E-state index in [0.717, 1.165) is 16.9 Å². The molecule has 2 aromatic carbocycles. The summed E-state index contributed by atoms with van der Waals surface area (Å²) >= 11 is 0. The number of anilines is 2. The molecule has 1 aliphatic heterocycles. The van der Waals surface area contributed by atoms with Gasteiger partial charge in [0.25, 0.3) is 0 Å². The molecule has 8 heteroatoms. The van der Waals surface area contributed by atoms with Crippen LogP contribution in [0.25, 0.3) is 22.3 Å². The van der Waals surface area contributed by atoms with E-state index in [2.05, 4.69) is 15.4 Å². The van der Waals surface area contributed by atoms with Gasteiger partial charge in [0.1, 0.15) is 5.82 Å². The molecule has 8 nitrogen and oxygen atoms in total. The molecule has 2 aromatic heterocycles. The number of fused-ring (bicyclic) bond motifs is 2. The minimum absolute atomic E-state index is 0.219. The summed E-state index contributed by atoms with van der Waals surface area (Å²) in [7, 11) is 1.79. The summed E-state index contributed by atoms with van der Waals surface area (Å²) in [6.45, 7) is 0.826. The Morgan fingerprint density at radius 3 is 2.75 bits per heavy atom. The standard InChI is InChI=1S/C20H18N6O2/c1-26-18(21)16-17(13-7-8-14-15(9-13)28-11-27-14)23-20(24-19(16)25-26)22-10-12-5-3-2-4-6-12/h2-9H,10-11,21H2,1H3,(H,22,24,25). The van der Waals surface area contributed by atoms with Crippen molar-refractivity contribution in [2.24, 2.45) is 7.05 Å². The maximum Gasteiger partial charge on any atom is 0.231 e. The summed E-state index contributed by atoms with van der Waals surface area (Å²) in [4.78, 5) is 9.27. The summed E-state index contributed by atoms with van der Waals surface area (Å²) in [5, 5.41) is 8.42. The Morgan fingerprint density at radius 1 is 1.07 bits per heavy atom. The van der Waals surface area contributed by atoms with Gasteiger partial charge in [0, 0.05) is 19.2 Å². The number of nitrogen functional groups attached to an aromatic ring is 1. The molecule has 5 rings (SSSR count). The monoisotopic (exact) mass is 374 g/mol. The zero-order valence-corrected chi connectivity index (χ0v) is 15.2. The number of aromatic nitrogens is 4. The fourth-order valence-corrected chi connectivity index (χ4v) is 3.22. The van der Waals surface area contributed by atoms with Gasteiger partial charge in [0.15, 0.2) is 17.1 Å². The Balaban J connectivity index is 1.60. The zero-order chi connectivity index (χ0) is 19.1. The van der Waals surface area contributed by atoms with Crippen molar-refractivity contribution >= 4 is 22.8 Å². The first-order chi connectivity index (χ1) is 13.7. The van der Waals surface area contributed by atoms with E-state index in [0.29, 0.717) is 40.8 Å². The third-order valence-corrected chi connectivity index (χ3v) is 4.68. The van der Waals surface area contributed by atoms with Crippen molar-refractivity contribution in [3.05, 3.63) is 54.1 Å². The Labute approximate surface area is 160 Å². The smallest absolute Gasteiger partial charge is 0.231 e. The fraction of sp³-hybridized carbons (Fsp3) is 0.150. The van der Waals surface area contributed by atoms with Gasteiger partial charge < -0.3 is 20.5 Å². The van der Waals surface area contributed by atoms with Gasteiger partial charge >= 0.3 is 0 Å². The highest BCUT2D eigenvalue weighted by Crippen LogP contribution is 2.38. The van der Waals surface area contributed by atoms with Gasteiger partial charge in [-0.15, -0.1) is 0 Å². The van der Waals surface area contributed by atoms with Crippen LogP contribution in [0.5, 0.6) is 11.5 Å². The number of nitrogens with one attached hydrogen (secondary N) is 1. The van der Waals surface area contributed by atoms with Crippen LogP contribution in [-0.4, -0.2) is 26.5 Å². The lowest BCUT2D eigenvalue weighted by Gasteiger charge is -2.09. The van der Waals surface area contributed by atoms with Gasteiger partial charge in [-0.3, -0.25) is 4.68 Å². The van der Waals surface area contributed by atoms with Gasteiger partial charge in [-0.1, -0.05) is 30.3 Å². The van der Waals surface area contributed by atoms with Crippen LogP contribution in [0, 0.1) is 0 Å². The fourth-order valence-electron chi connectivity index (χ4n) is 3.22. The van der Waals surface area contributed by atoms with Crippen molar-refractivity contribution in [1.29, 1.82) is 0 Å². The van der Waals surface area contributed by atoms with Gasteiger partial charge in [-0.2, -0.15) is 10.1 Å². The lowest BCUT2D eigenvalue weighted by Crippen LogP contribution is -2.05. The first-order valence-corrected chi connectivity index (χ1v) is 8.87. The average molecular weight is 374 g/mol. The van der Waals surface area contributed by atoms with Crippen molar-refractivity contribution in [1.82, 2.24) is 19.7 Å². The van der Waals surface area contributed by atoms with E-state index in [9.17, 15) is 0 Å². The molecule has 3 heterocycles. The maximum atomic E-state index is 6.25. The lowest BCUT2D eigenvalue weighted by atomic mass is 10.1. The third-order valence-electron chi connectivity index (χ3n) is 4.68. The molecule has 1 aliphatic rings. The highest BCUT2D eigenvalue weighted by molar-refractivity contribution is 5.99. The molecule has 0 saturated heterocycles. The molecule has 0 spiro atoms. The molecule has 28 heavy (non-hydrogen) atoms. The molecular weight excluding hydrogens is 356 g/mol. The van der Waals surface area contributed by atoms with Crippen molar-refractivity contribution < 1.29 is 9.47 Å². The summed E-state index contributed by atoms with van der Waals surface area (Å²) in [5.74, 6) is 2.40. The van der Waals surface area contributed by atoms with E-state index < -0.39 is 0 Å². The molecule has 0 radical (unpaired) electrons. The van der Waals surface area contributed by atoms with Crippen LogP contribution < -0.4 is 20.5 Å². The summed E-state index contributed by atoms with van der Waals surface area (Å²) in [5.41, 5.74) is 9.48. The van der Waals surface area contributed by atoms with Crippen molar-refractivity contribution in [3.63, 3.8) is 0 Å². The quantitative estimate of drug-likeness (QED) is 0.566. The van der Waals surface area contributed by atoms with Crippen LogP contribution in [-0.2, 0) is 13.6 Å². The number of benzene rings is 2. The second-order valence-electron chi connectivity index (χ2n) is 6.51. The molecule has 0 bridgehead atoms. The number of ether oxygens (including phenoxy) is 2. The topological polar surface area (TPSA) is 100 Å². The molecule has 0 saturated carbocycles. The first-order valence-electron chi connectivity index (χ1n) is 8.87. The number of nitrogens with zero attached hydrogens (tertiary/aromatic N) is 4. The van der Waals surface area contributed by atoms with Crippen molar-refractivity contribution in [2.45, 2.75) is 6.54 Å². The second-order valence-corrected chi connectivity index (χ2v) is 6.51. The SMILES string of the molecule is Cn1nc2nc(NCc3ccccc3)nc(-c3ccc4c(c3)OCO4)c2c1N. The third kappa shape index (κ3) is 2.75. The maximum absolute atomic E-state index is 6.25. The number of hydrogen-bond donors (Lipinski definition) is 2. The normalized spacial score (nSPS) is 12.5. The Hall–Kier alpha value is -3.81. The van der Waals surface area contributed by atoms with Gasteiger partial charge in [0.05, 0.1) is 11.1 Å². The second kappa shape index (κ2) is 6.41. The van der Waals surface area contributed by atoms with Crippen molar-refractivity contribution in [2.75, 3.05) is 17.8 Å². The van der Waals surface area contributed by atoms with E-state index in [1.165, 1.54) is 0 Å². The summed E-state index contributed by atoms with van der Waals surface area (Å²) in [6.07, 6.45) is 0. The molecule has 140 valence electrons. The van der Waals surface area contributed by atoms with Crippen molar-refractivity contribution in [3.8, 4) is 22.8 Å². The molecule has 0 amide bonds. The molecule has 0 unspecified atom stereocenters. The highest BCUT2D eigenvalue weighted by Gasteiger charge is 2.20.